The molecule has 0 aromatic heterocycles. The molecule has 0 radical (unpaired) electrons. The Hall–Kier alpha value is -1.69. The van der Waals surface area contributed by atoms with E-state index in [2.05, 4.69) is 21.2 Å². The highest BCUT2D eigenvalue weighted by molar-refractivity contribution is 9.10. The molecule has 0 aliphatic rings. The van der Waals surface area contributed by atoms with Gasteiger partial charge in [-0.2, -0.15) is 0 Å². The summed E-state index contributed by atoms with van der Waals surface area (Å²) in [6.45, 7) is 2.91. The Bertz CT molecular complexity index is 513. The van der Waals surface area contributed by atoms with E-state index in [0.29, 0.717) is 0 Å². The van der Waals surface area contributed by atoms with Crippen LogP contribution in [-0.2, 0) is 19.1 Å². The van der Waals surface area contributed by atoms with Crippen molar-refractivity contribution < 1.29 is 19.1 Å². The summed E-state index contributed by atoms with van der Waals surface area (Å²) in [6, 6.07) is 7.39. The van der Waals surface area contributed by atoms with E-state index in [1.54, 1.807) is 0 Å². The van der Waals surface area contributed by atoms with E-state index in [1.165, 1.54) is 6.92 Å². The van der Waals surface area contributed by atoms with E-state index in [4.69, 9.17) is 4.74 Å². The first-order valence-corrected chi connectivity index (χ1v) is 7.37. The predicted octanol–water partition coefficient (Wildman–Crippen LogP) is 2.54. The Balaban J connectivity index is 2.34. The van der Waals surface area contributed by atoms with Crippen molar-refractivity contribution in [1.29, 1.82) is 0 Å². The van der Waals surface area contributed by atoms with Gasteiger partial charge >= 0.3 is 5.97 Å². The smallest absolute Gasteiger partial charge is 0.306 e. The molecule has 1 rings (SSSR count). The normalized spacial score (nSPS) is 11.6. The molecule has 0 fully saturated rings. The second-order valence-electron chi connectivity index (χ2n) is 4.70. The molecule has 1 N–H and O–H groups in total. The first-order valence-electron chi connectivity index (χ1n) is 6.58. The van der Waals surface area contributed by atoms with Gasteiger partial charge in [-0.05, 0) is 31.5 Å². The van der Waals surface area contributed by atoms with Crippen LogP contribution in [0.1, 0.15) is 38.3 Å². The average molecular weight is 356 g/mol. The Kier molecular flexibility index (Phi) is 7.08. The SMILES string of the molecule is CC(=O)CCC(=O)OCC(=O)N[C@@H](C)c1ccc(Br)cc1. The van der Waals surface area contributed by atoms with E-state index in [-0.39, 0.29) is 37.2 Å². The quantitative estimate of drug-likeness (QED) is 0.762. The largest absolute Gasteiger partial charge is 0.456 e. The highest BCUT2D eigenvalue weighted by Crippen LogP contribution is 2.16. The van der Waals surface area contributed by atoms with Crippen molar-refractivity contribution in [3.63, 3.8) is 0 Å². The van der Waals surface area contributed by atoms with Crippen LogP contribution in [0.25, 0.3) is 0 Å². The summed E-state index contributed by atoms with van der Waals surface area (Å²) in [5.41, 5.74) is 0.953. The highest BCUT2D eigenvalue weighted by atomic mass is 79.9. The van der Waals surface area contributed by atoms with Crippen LogP contribution in [0.15, 0.2) is 28.7 Å². The number of ether oxygens (including phenoxy) is 1. The number of hydrogen-bond donors (Lipinski definition) is 1. The molecule has 114 valence electrons. The van der Waals surface area contributed by atoms with Gasteiger partial charge in [-0.3, -0.25) is 9.59 Å². The monoisotopic (exact) mass is 355 g/mol. The fourth-order valence-electron chi connectivity index (χ4n) is 1.61. The number of carbonyl (C=O) groups excluding carboxylic acids is 3. The fourth-order valence-corrected chi connectivity index (χ4v) is 1.88. The number of rotatable bonds is 7. The number of Topliss-reactive ketones (excluding diaryl/α,β-unsaturated/α-hetero) is 1. The average Bonchev–Trinajstić information content (AvgIpc) is 2.43. The third kappa shape index (κ3) is 7.04. The van der Waals surface area contributed by atoms with Gasteiger partial charge in [-0.1, -0.05) is 28.1 Å². The number of carbonyl (C=O) groups is 3. The molecule has 5 nitrogen and oxygen atoms in total. The molecule has 0 saturated carbocycles. The minimum atomic E-state index is -0.545. The van der Waals surface area contributed by atoms with Gasteiger partial charge < -0.3 is 14.8 Å². The standard InChI is InChI=1S/C15H18BrNO4/c1-10(18)3-8-15(20)21-9-14(19)17-11(2)12-4-6-13(16)7-5-12/h4-7,11H,3,8-9H2,1-2H3,(H,17,19)/t11-/m0/s1. The van der Waals surface area contributed by atoms with Crippen molar-refractivity contribution in [2.24, 2.45) is 0 Å². The lowest BCUT2D eigenvalue weighted by Gasteiger charge is -2.14. The summed E-state index contributed by atoms with van der Waals surface area (Å²) in [4.78, 5) is 33.7. The Morgan fingerprint density at radius 2 is 1.81 bits per heavy atom. The maximum atomic E-state index is 11.7. The van der Waals surface area contributed by atoms with Crippen LogP contribution in [0, 0.1) is 0 Å². The van der Waals surface area contributed by atoms with Gasteiger partial charge in [0, 0.05) is 10.9 Å². The molecule has 0 aliphatic carbocycles. The first-order chi connectivity index (χ1) is 9.88. The number of benzene rings is 1. The lowest BCUT2D eigenvalue weighted by atomic mass is 10.1. The van der Waals surface area contributed by atoms with E-state index in [0.717, 1.165) is 10.0 Å². The van der Waals surface area contributed by atoms with Crippen molar-refractivity contribution in [1.82, 2.24) is 5.32 Å². The second-order valence-corrected chi connectivity index (χ2v) is 5.62. The van der Waals surface area contributed by atoms with E-state index in [1.807, 2.05) is 31.2 Å². The number of nitrogens with one attached hydrogen (secondary N) is 1. The van der Waals surface area contributed by atoms with Crippen LogP contribution in [0.4, 0.5) is 0 Å². The maximum absolute atomic E-state index is 11.7. The molecule has 1 aromatic carbocycles. The zero-order valence-electron chi connectivity index (χ0n) is 12.0. The third-order valence-corrected chi connectivity index (χ3v) is 3.32. The molecule has 1 aromatic rings. The Morgan fingerprint density at radius 3 is 2.38 bits per heavy atom. The van der Waals surface area contributed by atoms with E-state index in [9.17, 15) is 14.4 Å². The molecule has 6 heteroatoms. The number of halogens is 1. The number of amides is 1. The molecule has 0 saturated heterocycles. The van der Waals surface area contributed by atoms with Crippen LogP contribution in [0.3, 0.4) is 0 Å². The van der Waals surface area contributed by atoms with Gasteiger partial charge in [0.1, 0.15) is 5.78 Å². The molecule has 21 heavy (non-hydrogen) atoms. The topological polar surface area (TPSA) is 72.5 Å². The van der Waals surface area contributed by atoms with Crippen LogP contribution < -0.4 is 5.32 Å². The summed E-state index contributed by atoms with van der Waals surface area (Å²) in [5, 5.41) is 2.74. The first kappa shape index (κ1) is 17.4. The number of hydrogen-bond acceptors (Lipinski definition) is 4. The molecular weight excluding hydrogens is 338 g/mol. The summed E-state index contributed by atoms with van der Waals surface area (Å²) in [6.07, 6.45) is 0.140. The molecule has 0 unspecified atom stereocenters. The zero-order chi connectivity index (χ0) is 15.8. The van der Waals surface area contributed by atoms with Crippen LogP contribution in [0.2, 0.25) is 0 Å². The fraction of sp³-hybridized carbons (Fsp3) is 0.400. The van der Waals surface area contributed by atoms with Crippen LogP contribution in [0.5, 0.6) is 0 Å². The summed E-state index contributed by atoms with van der Waals surface area (Å²) in [7, 11) is 0. The van der Waals surface area contributed by atoms with E-state index >= 15 is 0 Å². The van der Waals surface area contributed by atoms with Crippen molar-refractivity contribution in [2.45, 2.75) is 32.7 Å². The van der Waals surface area contributed by atoms with Crippen LogP contribution in [-0.4, -0.2) is 24.3 Å². The highest BCUT2D eigenvalue weighted by Gasteiger charge is 2.12. The van der Waals surface area contributed by atoms with E-state index < -0.39 is 5.97 Å². The van der Waals surface area contributed by atoms with Gasteiger partial charge in [0.25, 0.3) is 5.91 Å². The zero-order valence-corrected chi connectivity index (χ0v) is 13.6. The van der Waals surface area contributed by atoms with Crippen LogP contribution >= 0.6 is 15.9 Å². The molecule has 1 amide bonds. The van der Waals surface area contributed by atoms with Crippen molar-refractivity contribution in [3.05, 3.63) is 34.3 Å². The Labute approximate surface area is 132 Å². The van der Waals surface area contributed by atoms with Crippen molar-refractivity contribution in [3.8, 4) is 0 Å². The summed E-state index contributed by atoms with van der Waals surface area (Å²) >= 11 is 3.34. The molecule has 0 aliphatic heterocycles. The van der Waals surface area contributed by atoms with Gasteiger partial charge in [-0.25, -0.2) is 0 Å². The second kappa shape index (κ2) is 8.56. The molecule has 0 heterocycles. The number of esters is 1. The van der Waals surface area contributed by atoms with Gasteiger partial charge in [0.05, 0.1) is 12.5 Å². The minimum Gasteiger partial charge on any atom is -0.456 e. The van der Waals surface area contributed by atoms with Gasteiger partial charge in [-0.15, -0.1) is 0 Å². The molecule has 0 bridgehead atoms. The summed E-state index contributed by atoms with van der Waals surface area (Å²) < 4.78 is 5.76. The van der Waals surface area contributed by atoms with Gasteiger partial charge in [0.15, 0.2) is 6.61 Å². The molecule has 1 atom stereocenters. The van der Waals surface area contributed by atoms with Crippen molar-refractivity contribution in [2.75, 3.05) is 6.61 Å². The lowest BCUT2D eigenvalue weighted by molar-refractivity contribution is -0.149. The molecule has 0 spiro atoms. The third-order valence-electron chi connectivity index (χ3n) is 2.79. The predicted molar refractivity (Wildman–Crippen MR) is 81.6 cm³/mol. The number of ketones is 1. The Morgan fingerprint density at radius 1 is 1.19 bits per heavy atom. The lowest BCUT2D eigenvalue weighted by Crippen LogP contribution is -2.31. The molecular formula is C15H18BrNO4. The summed E-state index contributed by atoms with van der Waals surface area (Å²) in [5.74, 6) is -1.00. The maximum Gasteiger partial charge on any atom is 0.306 e. The minimum absolute atomic E-state index is 0.00484. The van der Waals surface area contributed by atoms with Crippen molar-refractivity contribution >= 4 is 33.6 Å². The van der Waals surface area contributed by atoms with Gasteiger partial charge in [0.2, 0.25) is 0 Å².